The van der Waals surface area contributed by atoms with E-state index >= 15 is 0 Å². The summed E-state index contributed by atoms with van der Waals surface area (Å²) in [5, 5.41) is 1.34. The summed E-state index contributed by atoms with van der Waals surface area (Å²) in [6, 6.07) is 19.1. The first kappa shape index (κ1) is 15.1. The summed E-state index contributed by atoms with van der Waals surface area (Å²) >= 11 is 0. The summed E-state index contributed by atoms with van der Waals surface area (Å²) in [6.07, 6.45) is 2.65. The molecule has 0 atom stereocenters. The lowest BCUT2D eigenvalue weighted by Gasteiger charge is -2.17. The lowest BCUT2D eigenvalue weighted by molar-refractivity contribution is 0.103. The predicted octanol–water partition coefficient (Wildman–Crippen LogP) is 4.40. The molecule has 1 heterocycles. The predicted molar refractivity (Wildman–Crippen MR) is 104 cm³/mol. The number of hydrogen-bond donors (Lipinski definition) is 1. The number of hydrogen-bond acceptors (Lipinski definition) is 2. The van der Waals surface area contributed by atoms with Crippen molar-refractivity contribution in [3.63, 3.8) is 0 Å². The zero-order chi connectivity index (χ0) is 17.7. The van der Waals surface area contributed by atoms with Gasteiger partial charge in [-0.1, -0.05) is 36.4 Å². The Morgan fingerprint density at radius 3 is 2.38 bits per heavy atom. The molecule has 1 aliphatic carbocycles. The van der Waals surface area contributed by atoms with Crippen LogP contribution in [0, 0.1) is 0 Å². The van der Waals surface area contributed by atoms with Gasteiger partial charge < -0.3 is 4.98 Å². The van der Waals surface area contributed by atoms with Crippen molar-refractivity contribution in [2.24, 2.45) is 0 Å². The minimum atomic E-state index is 0.0204. The van der Waals surface area contributed by atoms with Crippen molar-refractivity contribution < 1.29 is 4.79 Å². The molecule has 0 spiro atoms. The molecule has 126 valence electrons. The SMILES string of the molecule is O=C1c2ccccc2CCCc2cc3c(=O)c4ccccc4[nH]c3cc21. The molecule has 1 aliphatic rings. The smallest absolute Gasteiger partial charge is 0.197 e. The van der Waals surface area contributed by atoms with E-state index in [1.807, 2.05) is 60.7 Å². The zero-order valence-corrected chi connectivity index (χ0v) is 14.2. The molecular formula is C23H17NO2. The van der Waals surface area contributed by atoms with Crippen LogP contribution in [0.5, 0.6) is 0 Å². The third-order valence-corrected chi connectivity index (χ3v) is 5.33. The van der Waals surface area contributed by atoms with Crippen molar-refractivity contribution in [3.8, 4) is 0 Å². The standard InChI is InChI=1S/C23H17NO2/c25-22-16-9-2-1-6-14(16)7-5-8-15-12-19-21(13-18(15)22)24-20-11-4-3-10-17(20)23(19)26/h1-4,6,9-13H,5,7-8H2,(H,24,26). The highest BCUT2D eigenvalue weighted by Gasteiger charge is 2.21. The molecule has 0 bridgehead atoms. The average Bonchev–Trinajstić information content (AvgIpc) is 2.67. The Kier molecular flexibility index (Phi) is 3.29. The van der Waals surface area contributed by atoms with Crippen molar-refractivity contribution in [1.82, 2.24) is 4.98 Å². The van der Waals surface area contributed by atoms with Gasteiger partial charge in [0.15, 0.2) is 11.2 Å². The first-order chi connectivity index (χ1) is 12.7. The molecule has 26 heavy (non-hydrogen) atoms. The van der Waals surface area contributed by atoms with Gasteiger partial charge in [-0.25, -0.2) is 0 Å². The van der Waals surface area contributed by atoms with Gasteiger partial charge in [0.2, 0.25) is 0 Å². The Labute approximate surface area is 150 Å². The number of benzene rings is 3. The molecule has 3 nitrogen and oxygen atoms in total. The van der Waals surface area contributed by atoms with Crippen LogP contribution in [0.15, 0.2) is 65.5 Å². The average molecular weight is 339 g/mol. The van der Waals surface area contributed by atoms with Crippen molar-refractivity contribution in [3.05, 3.63) is 93.1 Å². The minimum Gasteiger partial charge on any atom is -0.354 e. The number of aromatic amines is 1. The molecule has 0 unspecified atom stereocenters. The van der Waals surface area contributed by atoms with Crippen molar-refractivity contribution >= 4 is 27.6 Å². The highest BCUT2D eigenvalue weighted by molar-refractivity contribution is 6.12. The second-order valence-electron chi connectivity index (χ2n) is 6.89. The molecule has 1 N–H and O–H groups in total. The maximum absolute atomic E-state index is 13.2. The van der Waals surface area contributed by atoms with E-state index in [-0.39, 0.29) is 11.2 Å². The molecule has 0 fully saturated rings. The van der Waals surface area contributed by atoms with E-state index in [2.05, 4.69) is 4.98 Å². The lowest BCUT2D eigenvalue weighted by atomic mass is 9.87. The maximum Gasteiger partial charge on any atom is 0.197 e. The molecule has 0 saturated heterocycles. The number of pyridine rings is 1. The molecule has 3 aromatic carbocycles. The highest BCUT2D eigenvalue weighted by atomic mass is 16.1. The van der Waals surface area contributed by atoms with E-state index in [9.17, 15) is 9.59 Å². The summed E-state index contributed by atoms with van der Waals surface area (Å²) in [5.74, 6) is 0.0474. The first-order valence-corrected chi connectivity index (χ1v) is 8.92. The molecule has 0 amide bonds. The fraction of sp³-hybridized carbons (Fsp3) is 0.130. The van der Waals surface area contributed by atoms with E-state index in [0.717, 1.165) is 47.0 Å². The van der Waals surface area contributed by atoms with Crippen LogP contribution in [0.4, 0.5) is 0 Å². The number of aromatic nitrogens is 1. The van der Waals surface area contributed by atoms with Crippen LogP contribution >= 0.6 is 0 Å². The number of aryl methyl sites for hydroxylation is 2. The van der Waals surface area contributed by atoms with Crippen LogP contribution in [0.1, 0.15) is 33.5 Å². The first-order valence-electron chi connectivity index (χ1n) is 8.92. The topological polar surface area (TPSA) is 49.9 Å². The summed E-state index contributed by atoms with van der Waals surface area (Å²) < 4.78 is 0. The summed E-state index contributed by atoms with van der Waals surface area (Å²) in [4.78, 5) is 29.4. The van der Waals surface area contributed by atoms with Crippen molar-refractivity contribution in [2.45, 2.75) is 19.3 Å². The number of para-hydroxylation sites is 1. The van der Waals surface area contributed by atoms with E-state index in [1.165, 1.54) is 0 Å². The quantitative estimate of drug-likeness (QED) is 0.483. The van der Waals surface area contributed by atoms with Gasteiger partial charge in [-0.05, 0) is 54.7 Å². The molecule has 0 aliphatic heterocycles. The van der Waals surface area contributed by atoms with Gasteiger partial charge in [0.1, 0.15) is 0 Å². The molecule has 0 saturated carbocycles. The van der Waals surface area contributed by atoms with Gasteiger partial charge in [0.05, 0.1) is 5.52 Å². The van der Waals surface area contributed by atoms with E-state index in [1.54, 1.807) is 0 Å². The fourth-order valence-corrected chi connectivity index (χ4v) is 4.01. The van der Waals surface area contributed by atoms with E-state index in [4.69, 9.17) is 0 Å². The Bertz CT molecular complexity index is 1250. The molecular weight excluding hydrogens is 322 g/mol. The Morgan fingerprint density at radius 2 is 1.46 bits per heavy atom. The molecule has 1 aromatic heterocycles. The summed E-state index contributed by atoms with van der Waals surface area (Å²) in [6.45, 7) is 0. The van der Waals surface area contributed by atoms with Crippen LogP contribution in [0.3, 0.4) is 0 Å². The molecule has 5 rings (SSSR count). The fourth-order valence-electron chi connectivity index (χ4n) is 4.01. The van der Waals surface area contributed by atoms with Crippen molar-refractivity contribution in [1.29, 1.82) is 0 Å². The number of ketones is 1. The Hall–Kier alpha value is -3.20. The monoisotopic (exact) mass is 339 g/mol. The number of fused-ring (bicyclic) bond motifs is 4. The number of rotatable bonds is 0. The van der Waals surface area contributed by atoms with Crippen molar-refractivity contribution in [2.75, 3.05) is 0 Å². The summed E-state index contributed by atoms with van der Waals surface area (Å²) in [7, 11) is 0. The van der Waals surface area contributed by atoms with Gasteiger partial charge in [0, 0.05) is 27.4 Å². The summed E-state index contributed by atoms with van der Waals surface area (Å²) in [5.41, 5.74) is 5.09. The normalized spacial score (nSPS) is 13.9. The number of nitrogens with one attached hydrogen (secondary N) is 1. The Morgan fingerprint density at radius 1 is 0.692 bits per heavy atom. The molecule has 0 radical (unpaired) electrons. The van der Waals surface area contributed by atoms with Gasteiger partial charge in [-0.2, -0.15) is 0 Å². The van der Waals surface area contributed by atoms with Gasteiger partial charge in [-0.15, -0.1) is 0 Å². The van der Waals surface area contributed by atoms with Crippen LogP contribution in [0.2, 0.25) is 0 Å². The van der Waals surface area contributed by atoms with E-state index < -0.39 is 0 Å². The van der Waals surface area contributed by atoms with Crippen LogP contribution in [-0.2, 0) is 12.8 Å². The number of carbonyl (C=O) groups excluding carboxylic acids is 1. The highest BCUT2D eigenvalue weighted by Crippen LogP contribution is 2.27. The third-order valence-electron chi connectivity index (χ3n) is 5.33. The van der Waals surface area contributed by atoms with E-state index in [0.29, 0.717) is 16.3 Å². The van der Waals surface area contributed by atoms with Crippen LogP contribution in [-0.4, -0.2) is 10.8 Å². The van der Waals surface area contributed by atoms with Gasteiger partial charge in [-0.3, -0.25) is 9.59 Å². The second kappa shape index (κ2) is 5.67. The number of carbonyl (C=O) groups is 1. The lowest BCUT2D eigenvalue weighted by Crippen LogP contribution is -2.14. The zero-order valence-electron chi connectivity index (χ0n) is 14.2. The number of H-pyrrole nitrogens is 1. The minimum absolute atomic E-state index is 0.0204. The third kappa shape index (κ3) is 2.21. The second-order valence-corrected chi connectivity index (χ2v) is 6.89. The van der Waals surface area contributed by atoms with Gasteiger partial charge in [0.25, 0.3) is 0 Å². The van der Waals surface area contributed by atoms with Crippen LogP contribution < -0.4 is 5.43 Å². The molecule has 3 heteroatoms. The largest absolute Gasteiger partial charge is 0.354 e. The molecule has 4 aromatic rings. The van der Waals surface area contributed by atoms with Gasteiger partial charge >= 0.3 is 0 Å². The Balaban J connectivity index is 1.82. The maximum atomic E-state index is 13.2. The van der Waals surface area contributed by atoms with Crippen LogP contribution in [0.25, 0.3) is 21.8 Å².